The van der Waals surface area contributed by atoms with Crippen LogP contribution in [0.5, 0.6) is 11.5 Å². The molecule has 0 aliphatic carbocycles. The molecule has 0 radical (unpaired) electrons. The second kappa shape index (κ2) is 11.8. The van der Waals surface area contributed by atoms with Crippen molar-refractivity contribution in [2.45, 2.75) is 59.1 Å². The van der Waals surface area contributed by atoms with E-state index in [1.165, 1.54) is 12.1 Å². The Morgan fingerprint density at radius 3 is 2.54 bits per heavy atom. The zero-order chi connectivity index (χ0) is 26.5. The quantitative estimate of drug-likeness (QED) is 0.283. The summed E-state index contributed by atoms with van der Waals surface area (Å²) < 4.78 is 37.4. The van der Waals surface area contributed by atoms with Gasteiger partial charge in [-0.1, -0.05) is 19.4 Å². The Morgan fingerprint density at radius 1 is 1.00 bits per heavy atom. The second-order valence-electron chi connectivity index (χ2n) is 9.33. The molecule has 1 aliphatic rings. The maximum Gasteiger partial charge on any atom is 0.290 e. The van der Waals surface area contributed by atoms with Crippen molar-refractivity contribution in [1.82, 2.24) is 4.90 Å². The molecule has 1 atom stereocenters. The lowest BCUT2D eigenvalue weighted by Crippen LogP contribution is -2.31. The van der Waals surface area contributed by atoms with Crippen molar-refractivity contribution in [3.05, 3.63) is 69.3 Å². The van der Waals surface area contributed by atoms with Gasteiger partial charge in [0.2, 0.25) is 5.76 Å². The Hall–Kier alpha value is -3.39. The van der Waals surface area contributed by atoms with Gasteiger partial charge in [0.25, 0.3) is 5.91 Å². The largest absolute Gasteiger partial charge is 0.490 e. The smallest absolute Gasteiger partial charge is 0.290 e. The van der Waals surface area contributed by atoms with E-state index in [2.05, 4.69) is 6.92 Å². The monoisotopic (exact) mass is 511 g/mol. The van der Waals surface area contributed by atoms with E-state index < -0.39 is 17.3 Å². The summed E-state index contributed by atoms with van der Waals surface area (Å²) >= 11 is 0. The van der Waals surface area contributed by atoms with Gasteiger partial charge in [0.1, 0.15) is 11.4 Å². The first-order chi connectivity index (χ1) is 17.8. The Kier molecular flexibility index (Phi) is 8.48. The number of carbonyl (C=O) groups is 1. The third-order valence-corrected chi connectivity index (χ3v) is 6.26. The molecule has 8 heteroatoms. The standard InChI is InChI=1S/C29H34FNO6/c1-5-7-14-36-23-11-9-19(16-24(23)34-6-2)26-25-27(32)21-17-20(30)10-12-22(21)37-28(25)29(33)31(26)13-8-15-35-18(3)4/h9-12,16-18,26H,5-8,13-15H2,1-4H3. The van der Waals surface area contributed by atoms with Crippen LogP contribution in [0.25, 0.3) is 11.0 Å². The molecule has 4 rings (SSSR count). The van der Waals surface area contributed by atoms with Crippen molar-refractivity contribution < 1.29 is 27.8 Å². The fourth-order valence-electron chi connectivity index (χ4n) is 4.53. The van der Waals surface area contributed by atoms with E-state index >= 15 is 0 Å². The first kappa shape index (κ1) is 26.7. The van der Waals surface area contributed by atoms with Gasteiger partial charge in [-0.25, -0.2) is 4.39 Å². The zero-order valence-electron chi connectivity index (χ0n) is 21.8. The molecule has 3 aromatic rings. The Balaban J connectivity index is 1.80. The molecule has 7 nitrogen and oxygen atoms in total. The summed E-state index contributed by atoms with van der Waals surface area (Å²) in [6, 6.07) is 8.48. The molecule has 198 valence electrons. The molecule has 37 heavy (non-hydrogen) atoms. The van der Waals surface area contributed by atoms with Crippen LogP contribution in [0.4, 0.5) is 4.39 Å². The lowest BCUT2D eigenvalue weighted by molar-refractivity contribution is 0.0593. The van der Waals surface area contributed by atoms with Gasteiger partial charge in [0, 0.05) is 13.2 Å². The summed E-state index contributed by atoms with van der Waals surface area (Å²) in [5.74, 6) is 0.203. The highest BCUT2D eigenvalue weighted by Gasteiger charge is 2.42. The van der Waals surface area contributed by atoms with E-state index in [9.17, 15) is 14.0 Å². The summed E-state index contributed by atoms with van der Waals surface area (Å²) in [6.45, 7) is 9.68. The minimum Gasteiger partial charge on any atom is -0.490 e. The predicted octanol–water partition coefficient (Wildman–Crippen LogP) is 5.87. The molecule has 0 saturated carbocycles. The van der Waals surface area contributed by atoms with Crippen molar-refractivity contribution in [1.29, 1.82) is 0 Å². The summed E-state index contributed by atoms with van der Waals surface area (Å²) in [7, 11) is 0. The number of hydrogen-bond acceptors (Lipinski definition) is 6. The van der Waals surface area contributed by atoms with Crippen molar-refractivity contribution in [2.75, 3.05) is 26.4 Å². The number of halogens is 1. The Morgan fingerprint density at radius 2 is 1.81 bits per heavy atom. The van der Waals surface area contributed by atoms with E-state index in [4.69, 9.17) is 18.6 Å². The molecule has 0 bridgehead atoms. The first-order valence-electron chi connectivity index (χ1n) is 12.9. The summed E-state index contributed by atoms with van der Waals surface area (Å²) in [5, 5.41) is 0.103. The van der Waals surface area contributed by atoms with Crippen LogP contribution in [0, 0.1) is 5.82 Å². The van der Waals surface area contributed by atoms with E-state index in [0.717, 1.165) is 18.9 Å². The van der Waals surface area contributed by atoms with Gasteiger partial charge in [-0.3, -0.25) is 9.59 Å². The third-order valence-electron chi connectivity index (χ3n) is 6.26. The van der Waals surface area contributed by atoms with E-state index in [-0.39, 0.29) is 34.3 Å². The van der Waals surface area contributed by atoms with Gasteiger partial charge in [-0.15, -0.1) is 0 Å². The minimum atomic E-state index is -0.714. The van der Waals surface area contributed by atoms with Crippen LogP contribution in [-0.4, -0.2) is 43.3 Å². The summed E-state index contributed by atoms with van der Waals surface area (Å²) in [6.07, 6.45) is 2.56. The number of fused-ring (bicyclic) bond motifs is 2. The van der Waals surface area contributed by atoms with Crippen LogP contribution >= 0.6 is 0 Å². The predicted molar refractivity (Wildman–Crippen MR) is 139 cm³/mol. The lowest BCUT2D eigenvalue weighted by atomic mass is 9.98. The van der Waals surface area contributed by atoms with Gasteiger partial charge in [0.05, 0.1) is 36.3 Å². The number of ether oxygens (including phenoxy) is 3. The highest BCUT2D eigenvalue weighted by Crippen LogP contribution is 2.41. The second-order valence-corrected chi connectivity index (χ2v) is 9.33. The maximum absolute atomic E-state index is 14.0. The van der Waals surface area contributed by atoms with E-state index in [1.807, 2.05) is 32.9 Å². The van der Waals surface area contributed by atoms with Crippen LogP contribution in [0.3, 0.4) is 0 Å². The van der Waals surface area contributed by atoms with Gasteiger partial charge >= 0.3 is 0 Å². The van der Waals surface area contributed by atoms with Gasteiger partial charge in [0.15, 0.2) is 16.9 Å². The zero-order valence-corrected chi connectivity index (χ0v) is 21.8. The van der Waals surface area contributed by atoms with Crippen LogP contribution in [-0.2, 0) is 4.74 Å². The number of nitrogens with zero attached hydrogens (tertiary/aromatic N) is 1. The number of unbranched alkanes of at least 4 members (excludes halogenated alkanes) is 1. The number of amides is 1. The molecule has 0 saturated heterocycles. The van der Waals surface area contributed by atoms with Crippen LogP contribution < -0.4 is 14.9 Å². The highest BCUT2D eigenvalue weighted by atomic mass is 19.1. The molecular formula is C29H34FNO6. The SMILES string of the molecule is CCCCOc1ccc(C2c3c(oc4ccc(F)cc4c3=O)C(=O)N2CCCOC(C)C)cc1OCC. The lowest BCUT2D eigenvalue weighted by Gasteiger charge is -2.26. The molecule has 0 fully saturated rings. The average molecular weight is 512 g/mol. The molecule has 0 spiro atoms. The number of rotatable bonds is 12. The summed E-state index contributed by atoms with van der Waals surface area (Å²) in [4.78, 5) is 28.8. The Labute approximate surface area is 216 Å². The van der Waals surface area contributed by atoms with Gasteiger partial charge in [-0.2, -0.15) is 0 Å². The maximum atomic E-state index is 14.0. The van der Waals surface area contributed by atoms with Crippen molar-refractivity contribution in [3.8, 4) is 11.5 Å². The van der Waals surface area contributed by atoms with Crippen LogP contribution in [0.2, 0.25) is 0 Å². The molecule has 2 aromatic carbocycles. The number of hydrogen-bond donors (Lipinski definition) is 0. The molecule has 2 heterocycles. The van der Waals surface area contributed by atoms with Crippen molar-refractivity contribution in [2.24, 2.45) is 0 Å². The first-order valence-corrected chi connectivity index (χ1v) is 12.9. The van der Waals surface area contributed by atoms with Crippen molar-refractivity contribution >= 4 is 16.9 Å². The van der Waals surface area contributed by atoms with Gasteiger partial charge < -0.3 is 23.5 Å². The molecule has 1 unspecified atom stereocenters. The van der Waals surface area contributed by atoms with Crippen molar-refractivity contribution in [3.63, 3.8) is 0 Å². The van der Waals surface area contributed by atoms with Crippen LogP contribution in [0.15, 0.2) is 45.6 Å². The normalized spacial score (nSPS) is 15.0. The average Bonchev–Trinajstić information content (AvgIpc) is 3.15. The number of benzene rings is 2. The third kappa shape index (κ3) is 5.64. The molecule has 1 aliphatic heterocycles. The molecule has 0 N–H and O–H groups in total. The molecule has 1 aromatic heterocycles. The highest BCUT2D eigenvalue weighted by molar-refractivity contribution is 5.99. The van der Waals surface area contributed by atoms with E-state index in [0.29, 0.717) is 49.8 Å². The fourth-order valence-corrected chi connectivity index (χ4v) is 4.53. The fraction of sp³-hybridized carbons (Fsp3) is 0.448. The number of carbonyl (C=O) groups excluding carboxylic acids is 1. The van der Waals surface area contributed by atoms with Crippen LogP contribution in [0.1, 0.15) is 74.7 Å². The van der Waals surface area contributed by atoms with E-state index in [1.54, 1.807) is 11.0 Å². The molecular weight excluding hydrogens is 477 g/mol. The Bertz CT molecular complexity index is 1320. The minimum absolute atomic E-state index is 0.0138. The topological polar surface area (TPSA) is 78.2 Å². The van der Waals surface area contributed by atoms with Gasteiger partial charge in [-0.05, 0) is 69.5 Å². The molecule has 1 amide bonds. The summed E-state index contributed by atoms with van der Waals surface area (Å²) in [5.41, 5.74) is 0.648.